The predicted octanol–water partition coefficient (Wildman–Crippen LogP) is 1.70. The average molecular weight is 348 g/mol. The Morgan fingerprint density at radius 3 is 2.84 bits per heavy atom. The summed E-state index contributed by atoms with van der Waals surface area (Å²) in [4.78, 5) is 4.04. The number of rotatable bonds is 2. The molecule has 1 fully saturated rings. The summed E-state index contributed by atoms with van der Waals surface area (Å²) in [6.45, 7) is 2.47. The lowest BCUT2D eigenvalue weighted by molar-refractivity contribution is 0.300. The SMILES string of the molecule is CC1CN(S(=O)(=O)c2cncc(Br)c2)CC/C1=N\O. The van der Waals surface area contributed by atoms with E-state index in [4.69, 9.17) is 5.21 Å². The Morgan fingerprint density at radius 1 is 1.53 bits per heavy atom. The summed E-state index contributed by atoms with van der Waals surface area (Å²) >= 11 is 3.21. The van der Waals surface area contributed by atoms with E-state index in [-0.39, 0.29) is 10.8 Å². The van der Waals surface area contributed by atoms with Gasteiger partial charge in [0.2, 0.25) is 10.0 Å². The zero-order valence-corrected chi connectivity index (χ0v) is 12.7. The van der Waals surface area contributed by atoms with Crippen LogP contribution in [0.25, 0.3) is 0 Å². The molecule has 1 aromatic rings. The van der Waals surface area contributed by atoms with E-state index in [0.29, 0.717) is 29.7 Å². The van der Waals surface area contributed by atoms with Crippen molar-refractivity contribution in [1.29, 1.82) is 0 Å². The number of nitrogens with zero attached hydrogens (tertiary/aromatic N) is 3. The molecule has 1 aliphatic heterocycles. The molecule has 1 aliphatic rings. The van der Waals surface area contributed by atoms with Gasteiger partial charge in [-0.25, -0.2) is 8.42 Å². The number of aromatic nitrogens is 1. The maximum absolute atomic E-state index is 12.4. The highest BCUT2D eigenvalue weighted by molar-refractivity contribution is 9.10. The lowest BCUT2D eigenvalue weighted by atomic mass is 10.00. The fourth-order valence-corrected chi connectivity index (χ4v) is 4.07. The monoisotopic (exact) mass is 347 g/mol. The highest BCUT2D eigenvalue weighted by Gasteiger charge is 2.32. The minimum atomic E-state index is -3.54. The van der Waals surface area contributed by atoms with Gasteiger partial charge in [0.25, 0.3) is 0 Å². The molecule has 0 bridgehead atoms. The van der Waals surface area contributed by atoms with E-state index in [1.54, 1.807) is 0 Å². The normalized spacial score (nSPS) is 23.7. The van der Waals surface area contributed by atoms with Gasteiger partial charge < -0.3 is 5.21 Å². The number of piperidine rings is 1. The smallest absolute Gasteiger partial charge is 0.244 e. The van der Waals surface area contributed by atoms with Crippen LogP contribution in [0.3, 0.4) is 0 Å². The summed E-state index contributed by atoms with van der Waals surface area (Å²) in [6, 6.07) is 1.53. The summed E-state index contributed by atoms with van der Waals surface area (Å²) in [5, 5.41) is 12.0. The Morgan fingerprint density at radius 2 is 2.26 bits per heavy atom. The minimum absolute atomic E-state index is 0.0892. The van der Waals surface area contributed by atoms with Gasteiger partial charge in [0.1, 0.15) is 4.90 Å². The second-order valence-corrected chi connectivity index (χ2v) is 7.30. The van der Waals surface area contributed by atoms with Crippen LogP contribution in [0.4, 0.5) is 0 Å². The lowest BCUT2D eigenvalue weighted by Crippen LogP contribution is -2.43. The van der Waals surface area contributed by atoms with E-state index >= 15 is 0 Å². The molecule has 1 unspecified atom stereocenters. The van der Waals surface area contributed by atoms with Crippen molar-refractivity contribution in [3.63, 3.8) is 0 Å². The molecule has 104 valence electrons. The molecule has 6 nitrogen and oxygen atoms in total. The van der Waals surface area contributed by atoms with Crippen LogP contribution in [0.1, 0.15) is 13.3 Å². The van der Waals surface area contributed by atoms with Crippen LogP contribution in [0.5, 0.6) is 0 Å². The second kappa shape index (κ2) is 5.56. The highest BCUT2D eigenvalue weighted by Crippen LogP contribution is 2.23. The van der Waals surface area contributed by atoms with E-state index in [9.17, 15) is 8.42 Å². The molecule has 0 aromatic carbocycles. The van der Waals surface area contributed by atoms with Crippen LogP contribution in [0.15, 0.2) is 33.0 Å². The molecule has 1 atom stereocenters. The van der Waals surface area contributed by atoms with Gasteiger partial charge in [-0.3, -0.25) is 4.98 Å². The van der Waals surface area contributed by atoms with E-state index < -0.39 is 10.0 Å². The summed E-state index contributed by atoms with van der Waals surface area (Å²) in [5.74, 6) is -0.0892. The van der Waals surface area contributed by atoms with Crippen LogP contribution in [-0.2, 0) is 10.0 Å². The van der Waals surface area contributed by atoms with Crippen molar-refractivity contribution in [1.82, 2.24) is 9.29 Å². The van der Waals surface area contributed by atoms with Gasteiger partial charge in [-0.2, -0.15) is 4.31 Å². The molecule has 0 radical (unpaired) electrons. The van der Waals surface area contributed by atoms with Gasteiger partial charge >= 0.3 is 0 Å². The van der Waals surface area contributed by atoms with Crippen LogP contribution in [-0.4, -0.2) is 41.7 Å². The predicted molar refractivity (Wildman–Crippen MR) is 73.7 cm³/mol. The Kier molecular flexibility index (Phi) is 4.22. The van der Waals surface area contributed by atoms with E-state index in [1.807, 2.05) is 6.92 Å². The molecule has 1 saturated heterocycles. The van der Waals surface area contributed by atoms with Crippen molar-refractivity contribution >= 4 is 31.7 Å². The van der Waals surface area contributed by atoms with Gasteiger partial charge in [0.15, 0.2) is 0 Å². The number of halogens is 1. The van der Waals surface area contributed by atoms with Crippen LogP contribution in [0, 0.1) is 5.92 Å². The molecule has 8 heteroatoms. The molecule has 19 heavy (non-hydrogen) atoms. The Balaban J connectivity index is 2.27. The maximum atomic E-state index is 12.4. The molecule has 0 saturated carbocycles. The molecule has 2 rings (SSSR count). The fourth-order valence-electron chi connectivity index (χ4n) is 2.04. The molecule has 1 N–H and O–H groups in total. The van der Waals surface area contributed by atoms with Crippen LogP contribution < -0.4 is 0 Å². The molecule has 2 heterocycles. The zero-order valence-electron chi connectivity index (χ0n) is 10.3. The molecular formula is C11H14BrN3O3S. The molecule has 0 spiro atoms. The third-order valence-corrected chi connectivity index (χ3v) is 5.37. The molecular weight excluding hydrogens is 334 g/mol. The number of hydrogen-bond donors (Lipinski definition) is 1. The van der Waals surface area contributed by atoms with Crippen molar-refractivity contribution in [2.45, 2.75) is 18.2 Å². The highest BCUT2D eigenvalue weighted by atomic mass is 79.9. The number of sulfonamides is 1. The average Bonchev–Trinajstić information content (AvgIpc) is 2.38. The van der Waals surface area contributed by atoms with Crippen LogP contribution >= 0.6 is 15.9 Å². The minimum Gasteiger partial charge on any atom is -0.411 e. The number of pyridine rings is 1. The van der Waals surface area contributed by atoms with Crippen molar-refractivity contribution in [3.8, 4) is 0 Å². The molecule has 1 aromatic heterocycles. The topological polar surface area (TPSA) is 82.9 Å². The lowest BCUT2D eigenvalue weighted by Gasteiger charge is -2.30. The Bertz CT molecular complexity index is 603. The van der Waals surface area contributed by atoms with E-state index in [1.165, 1.54) is 22.8 Å². The zero-order chi connectivity index (χ0) is 14.0. The maximum Gasteiger partial charge on any atom is 0.244 e. The van der Waals surface area contributed by atoms with Crippen LogP contribution in [0.2, 0.25) is 0 Å². The van der Waals surface area contributed by atoms with Gasteiger partial charge in [0, 0.05) is 42.3 Å². The summed E-state index contributed by atoms with van der Waals surface area (Å²) in [6.07, 6.45) is 3.31. The number of oxime groups is 1. The first kappa shape index (κ1) is 14.4. The van der Waals surface area contributed by atoms with Gasteiger partial charge in [-0.15, -0.1) is 0 Å². The molecule has 0 amide bonds. The Hall–Kier alpha value is -0.990. The first-order chi connectivity index (χ1) is 8.95. The van der Waals surface area contributed by atoms with Gasteiger partial charge in [-0.05, 0) is 22.0 Å². The molecule has 0 aliphatic carbocycles. The van der Waals surface area contributed by atoms with E-state index in [2.05, 4.69) is 26.1 Å². The van der Waals surface area contributed by atoms with Crippen molar-refractivity contribution in [3.05, 3.63) is 22.9 Å². The first-order valence-electron chi connectivity index (χ1n) is 5.76. The van der Waals surface area contributed by atoms with E-state index in [0.717, 1.165) is 0 Å². The quantitative estimate of drug-likeness (QED) is 0.651. The standard InChI is InChI=1S/C11H14BrN3O3S/c1-8-7-15(3-2-11(8)14-16)19(17,18)10-4-9(12)5-13-6-10/h4-6,8,16H,2-3,7H2,1H3/b14-11+. The first-order valence-corrected chi connectivity index (χ1v) is 8.00. The Labute approximate surface area is 120 Å². The van der Waals surface area contributed by atoms with Crippen molar-refractivity contribution in [2.24, 2.45) is 11.1 Å². The van der Waals surface area contributed by atoms with Gasteiger partial charge in [-0.1, -0.05) is 12.1 Å². The summed E-state index contributed by atoms with van der Waals surface area (Å²) < 4.78 is 26.9. The fraction of sp³-hybridized carbons (Fsp3) is 0.455. The van der Waals surface area contributed by atoms with Gasteiger partial charge in [0.05, 0.1) is 5.71 Å². The second-order valence-electron chi connectivity index (χ2n) is 4.44. The third-order valence-electron chi connectivity index (χ3n) is 3.11. The summed E-state index contributed by atoms with van der Waals surface area (Å²) in [7, 11) is -3.54. The largest absolute Gasteiger partial charge is 0.411 e. The number of hydrogen-bond acceptors (Lipinski definition) is 5. The third kappa shape index (κ3) is 2.96. The summed E-state index contributed by atoms with van der Waals surface area (Å²) in [5.41, 5.74) is 0.638. The van der Waals surface area contributed by atoms with Crippen molar-refractivity contribution < 1.29 is 13.6 Å². The van der Waals surface area contributed by atoms with Crippen molar-refractivity contribution in [2.75, 3.05) is 13.1 Å².